The number of nitrogens with zero attached hydrogens (tertiary/aromatic N) is 4. The number of rotatable bonds is 5. The molecule has 2 aromatic rings. The van der Waals surface area contributed by atoms with Crippen molar-refractivity contribution in [3.05, 3.63) is 41.7 Å². The lowest BCUT2D eigenvalue weighted by Gasteiger charge is -2.35. The molecular weight excluding hydrogens is 397 g/mol. The summed E-state index contributed by atoms with van der Waals surface area (Å²) in [5.41, 5.74) is 1.19. The molecule has 2 heterocycles. The number of hydrogen-bond donors (Lipinski definition) is 2. The first-order valence-corrected chi connectivity index (χ1v) is 8.65. The van der Waals surface area contributed by atoms with E-state index in [9.17, 15) is 18.0 Å². The van der Waals surface area contributed by atoms with Gasteiger partial charge in [0.05, 0.1) is 11.4 Å². The molecule has 0 aliphatic carbocycles. The average molecular weight is 419 g/mol. The smallest absolute Gasteiger partial charge is 0.349 e. The number of hydrogen-bond acceptors (Lipinski definition) is 5. The molecule has 1 aromatic heterocycles. The molecule has 1 aliphatic heterocycles. The van der Waals surface area contributed by atoms with Crippen molar-refractivity contribution in [3.8, 4) is 5.69 Å². The maximum Gasteiger partial charge on any atom is 0.405 e. The number of benzene rings is 1. The number of nitrogens with one attached hydrogen (secondary N) is 2. The number of carbonyl (C=O) groups excluding carboxylic acids is 1. The third-order valence-electron chi connectivity index (χ3n) is 4.54. The van der Waals surface area contributed by atoms with Crippen LogP contribution in [0.5, 0.6) is 0 Å². The molecule has 1 aliphatic rings. The number of carbonyl (C=O) groups is 1. The summed E-state index contributed by atoms with van der Waals surface area (Å²) < 4.78 is 41.7. The molecule has 1 saturated heterocycles. The molecule has 0 spiro atoms. The molecule has 154 valence electrons. The number of para-hydroxylation sites is 1. The number of piperazine rings is 1. The van der Waals surface area contributed by atoms with Crippen molar-refractivity contribution in [2.45, 2.75) is 19.1 Å². The van der Waals surface area contributed by atoms with Crippen LogP contribution in [-0.4, -0.2) is 70.7 Å². The molecule has 7 nitrogen and oxygen atoms in total. The summed E-state index contributed by atoms with van der Waals surface area (Å²) in [5.74, 6) is -0.668. The molecule has 1 unspecified atom stereocenters. The molecule has 1 aromatic carbocycles. The normalized spacial score (nSPS) is 16.3. The summed E-state index contributed by atoms with van der Waals surface area (Å²) in [4.78, 5) is 13.7. The van der Waals surface area contributed by atoms with Crippen LogP contribution in [0.25, 0.3) is 5.69 Å². The predicted molar refractivity (Wildman–Crippen MR) is 100.0 cm³/mol. The zero-order valence-electron chi connectivity index (χ0n) is 15.2. The summed E-state index contributed by atoms with van der Waals surface area (Å²) in [6.07, 6.45) is -4.43. The highest BCUT2D eigenvalue weighted by Crippen LogP contribution is 2.25. The second kappa shape index (κ2) is 9.35. The zero-order chi connectivity index (χ0) is 19.4. The van der Waals surface area contributed by atoms with Gasteiger partial charge in [-0.05, 0) is 19.1 Å². The number of amides is 1. The second-order valence-electron chi connectivity index (χ2n) is 6.32. The predicted octanol–water partition coefficient (Wildman–Crippen LogP) is 1.56. The summed E-state index contributed by atoms with van der Waals surface area (Å²) in [7, 11) is 0. The lowest BCUT2D eigenvalue weighted by atomic mass is 10.2. The van der Waals surface area contributed by atoms with Crippen LogP contribution in [0.15, 0.2) is 30.3 Å². The molecule has 28 heavy (non-hydrogen) atoms. The Bertz CT molecular complexity index is 777. The minimum Gasteiger partial charge on any atom is -0.349 e. The van der Waals surface area contributed by atoms with Gasteiger partial charge in [-0.15, -0.1) is 17.5 Å². The number of alkyl halides is 3. The van der Waals surface area contributed by atoms with Crippen LogP contribution in [0.2, 0.25) is 0 Å². The Morgan fingerprint density at radius 2 is 1.89 bits per heavy atom. The van der Waals surface area contributed by atoms with E-state index in [4.69, 9.17) is 0 Å². The molecule has 1 atom stereocenters. The minimum absolute atomic E-state index is 0. The van der Waals surface area contributed by atoms with Crippen molar-refractivity contribution in [2.75, 3.05) is 32.7 Å². The largest absolute Gasteiger partial charge is 0.405 e. The third kappa shape index (κ3) is 5.00. The van der Waals surface area contributed by atoms with E-state index in [2.05, 4.69) is 20.9 Å². The van der Waals surface area contributed by atoms with Gasteiger partial charge >= 0.3 is 6.18 Å². The second-order valence-corrected chi connectivity index (χ2v) is 6.32. The van der Waals surface area contributed by atoms with Crippen molar-refractivity contribution >= 4 is 18.3 Å². The van der Waals surface area contributed by atoms with Crippen LogP contribution < -0.4 is 10.6 Å². The molecule has 1 amide bonds. The maximum atomic E-state index is 13.4. The SMILES string of the molecule is Cc1c(C(=O)NCC(N2CCNCC2)C(F)(F)F)nnn1-c1ccccc1.Cl. The fourth-order valence-corrected chi connectivity index (χ4v) is 3.07. The highest BCUT2D eigenvalue weighted by molar-refractivity contribution is 5.93. The fraction of sp³-hybridized carbons (Fsp3) is 0.471. The molecule has 0 radical (unpaired) electrons. The molecule has 3 rings (SSSR count). The Labute approximate surface area is 166 Å². The van der Waals surface area contributed by atoms with Crippen LogP contribution >= 0.6 is 12.4 Å². The topological polar surface area (TPSA) is 75.1 Å². The van der Waals surface area contributed by atoms with Gasteiger partial charge in [0.25, 0.3) is 5.91 Å². The van der Waals surface area contributed by atoms with E-state index in [1.165, 1.54) is 9.58 Å². The highest BCUT2D eigenvalue weighted by Gasteiger charge is 2.44. The van der Waals surface area contributed by atoms with Crippen molar-refractivity contribution in [2.24, 2.45) is 0 Å². The van der Waals surface area contributed by atoms with Gasteiger partial charge < -0.3 is 10.6 Å². The lowest BCUT2D eigenvalue weighted by molar-refractivity contribution is -0.183. The Morgan fingerprint density at radius 1 is 1.25 bits per heavy atom. The van der Waals surface area contributed by atoms with E-state index in [1.54, 1.807) is 19.1 Å². The molecule has 0 bridgehead atoms. The van der Waals surface area contributed by atoms with Crippen LogP contribution in [0, 0.1) is 6.92 Å². The Morgan fingerprint density at radius 3 is 2.50 bits per heavy atom. The van der Waals surface area contributed by atoms with Gasteiger partial charge in [-0.25, -0.2) is 4.68 Å². The third-order valence-corrected chi connectivity index (χ3v) is 4.54. The van der Waals surface area contributed by atoms with E-state index in [1.807, 2.05) is 18.2 Å². The van der Waals surface area contributed by atoms with E-state index in [-0.39, 0.29) is 31.2 Å². The van der Waals surface area contributed by atoms with Gasteiger partial charge in [-0.1, -0.05) is 23.4 Å². The van der Waals surface area contributed by atoms with E-state index < -0.39 is 24.7 Å². The first-order chi connectivity index (χ1) is 12.9. The average Bonchev–Trinajstić information content (AvgIpc) is 3.04. The molecule has 0 saturated carbocycles. The van der Waals surface area contributed by atoms with Crippen LogP contribution in [0.1, 0.15) is 16.2 Å². The molecule has 1 fully saturated rings. The number of aromatic nitrogens is 3. The van der Waals surface area contributed by atoms with Gasteiger partial charge in [0.1, 0.15) is 6.04 Å². The van der Waals surface area contributed by atoms with Crippen LogP contribution in [0.4, 0.5) is 13.2 Å². The maximum absolute atomic E-state index is 13.4. The summed E-state index contributed by atoms with van der Waals surface area (Å²) >= 11 is 0. The van der Waals surface area contributed by atoms with E-state index in [0.29, 0.717) is 18.8 Å². The van der Waals surface area contributed by atoms with Gasteiger partial charge in [-0.2, -0.15) is 13.2 Å². The van der Waals surface area contributed by atoms with Gasteiger partial charge in [0.2, 0.25) is 0 Å². The standard InChI is InChI=1S/C17H21F3N6O.ClH/c1-12-15(23-24-26(12)13-5-3-2-4-6-13)16(27)22-11-14(17(18,19)20)25-9-7-21-8-10-25;/h2-6,14,21H,7-11H2,1H3,(H,22,27);1H. The van der Waals surface area contributed by atoms with E-state index in [0.717, 1.165) is 5.69 Å². The van der Waals surface area contributed by atoms with Crippen molar-refractivity contribution in [3.63, 3.8) is 0 Å². The summed E-state index contributed by atoms with van der Waals surface area (Å²) in [6, 6.07) is 7.35. The summed E-state index contributed by atoms with van der Waals surface area (Å²) in [6.45, 7) is 2.67. The highest BCUT2D eigenvalue weighted by atomic mass is 35.5. The van der Waals surface area contributed by atoms with Crippen molar-refractivity contribution in [1.82, 2.24) is 30.5 Å². The van der Waals surface area contributed by atoms with Crippen molar-refractivity contribution < 1.29 is 18.0 Å². The van der Waals surface area contributed by atoms with Gasteiger partial charge in [0.15, 0.2) is 5.69 Å². The first kappa shape index (κ1) is 22.1. The van der Waals surface area contributed by atoms with Crippen LogP contribution in [-0.2, 0) is 0 Å². The fourth-order valence-electron chi connectivity index (χ4n) is 3.07. The quantitative estimate of drug-likeness (QED) is 0.771. The minimum atomic E-state index is -4.43. The summed E-state index contributed by atoms with van der Waals surface area (Å²) in [5, 5.41) is 13.2. The lowest BCUT2D eigenvalue weighted by Crippen LogP contribution is -2.57. The van der Waals surface area contributed by atoms with Gasteiger partial charge in [-0.3, -0.25) is 9.69 Å². The van der Waals surface area contributed by atoms with E-state index >= 15 is 0 Å². The Hall–Kier alpha value is -2.17. The zero-order valence-corrected chi connectivity index (χ0v) is 16.1. The first-order valence-electron chi connectivity index (χ1n) is 8.65. The number of halogens is 4. The van der Waals surface area contributed by atoms with Gasteiger partial charge in [0, 0.05) is 32.7 Å². The molecule has 2 N–H and O–H groups in total. The van der Waals surface area contributed by atoms with Crippen LogP contribution in [0.3, 0.4) is 0 Å². The van der Waals surface area contributed by atoms with Crippen molar-refractivity contribution in [1.29, 1.82) is 0 Å². The monoisotopic (exact) mass is 418 g/mol. The Kier molecular flexibility index (Phi) is 7.39. The Balaban J connectivity index is 0.00000280. The molecular formula is C17H22ClF3N6O. The molecule has 11 heteroatoms.